The molecule has 2 aromatic carbocycles. The van der Waals surface area contributed by atoms with Gasteiger partial charge in [0.2, 0.25) is 5.91 Å². The fraction of sp³-hybridized carbons (Fsp3) is 0.389. The maximum Gasteiger partial charge on any atom is 0.230 e. The number of hydrogen-bond donors (Lipinski definition) is 2. The van der Waals surface area contributed by atoms with Crippen molar-refractivity contribution in [3.8, 4) is 0 Å². The molecule has 3 nitrogen and oxygen atoms in total. The van der Waals surface area contributed by atoms with E-state index in [1.165, 1.54) is 12.8 Å². The minimum Gasteiger partial charge on any atom is -0.355 e. The Bertz CT molecular complexity index is 681. The Hall–Kier alpha value is -1.23. The van der Waals surface area contributed by atoms with Crippen LogP contribution in [0.15, 0.2) is 41.3 Å². The monoisotopic (exact) mass is 348 g/mol. The average Bonchev–Trinajstić information content (AvgIpc) is 2.59. The Morgan fingerprint density at radius 2 is 2.13 bits per heavy atom. The maximum absolute atomic E-state index is 12.1. The first kappa shape index (κ1) is 16.6. The van der Waals surface area contributed by atoms with Crippen molar-refractivity contribution < 1.29 is 4.79 Å². The van der Waals surface area contributed by atoms with E-state index < -0.39 is 0 Å². The second-order valence-corrected chi connectivity index (χ2v) is 7.32. The SMILES string of the molecule is O=C(CSc1cccc2cccc(Cl)c12)NCC1CCCNC1. The summed E-state index contributed by atoms with van der Waals surface area (Å²) in [5.41, 5.74) is 0. The molecule has 1 aliphatic rings. The number of thioether (sulfide) groups is 1. The third-order valence-corrected chi connectivity index (χ3v) is 5.53. The zero-order valence-electron chi connectivity index (χ0n) is 13.0. The van der Waals surface area contributed by atoms with Gasteiger partial charge in [0.25, 0.3) is 0 Å². The van der Waals surface area contributed by atoms with E-state index >= 15 is 0 Å². The van der Waals surface area contributed by atoms with Gasteiger partial charge < -0.3 is 10.6 Å². The molecule has 0 aliphatic carbocycles. The number of halogens is 1. The molecule has 2 aromatic rings. The predicted octanol–water partition coefficient (Wildman–Crippen LogP) is 3.70. The van der Waals surface area contributed by atoms with E-state index in [4.69, 9.17) is 11.6 Å². The Labute approximate surface area is 146 Å². The van der Waals surface area contributed by atoms with Crippen LogP contribution >= 0.6 is 23.4 Å². The van der Waals surface area contributed by atoms with Gasteiger partial charge in [-0.05, 0) is 49.4 Å². The van der Waals surface area contributed by atoms with Crippen molar-refractivity contribution in [2.24, 2.45) is 5.92 Å². The second-order valence-electron chi connectivity index (χ2n) is 5.90. The molecule has 1 atom stereocenters. The van der Waals surface area contributed by atoms with Crippen molar-refractivity contribution in [2.45, 2.75) is 17.7 Å². The van der Waals surface area contributed by atoms with E-state index in [0.717, 1.165) is 40.3 Å². The van der Waals surface area contributed by atoms with Crippen LogP contribution in [0.4, 0.5) is 0 Å². The highest BCUT2D eigenvalue weighted by molar-refractivity contribution is 8.00. The van der Waals surface area contributed by atoms with Gasteiger partial charge in [-0.15, -0.1) is 11.8 Å². The van der Waals surface area contributed by atoms with E-state index in [-0.39, 0.29) is 5.91 Å². The lowest BCUT2D eigenvalue weighted by Crippen LogP contribution is -2.38. The lowest BCUT2D eigenvalue weighted by molar-refractivity contribution is -0.118. The number of benzene rings is 2. The first-order valence-electron chi connectivity index (χ1n) is 8.01. The lowest BCUT2D eigenvalue weighted by Gasteiger charge is -2.22. The number of nitrogens with one attached hydrogen (secondary N) is 2. The molecule has 2 N–H and O–H groups in total. The summed E-state index contributed by atoms with van der Waals surface area (Å²) in [6.07, 6.45) is 2.39. The molecule has 1 fully saturated rings. The molecule has 5 heteroatoms. The molecule has 1 aliphatic heterocycles. The zero-order chi connectivity index (χ0) is 16.1. The molecule has 1 amide bonds. The van der Waals surface area contributed by atoms with Crippen molar-refractivity contribution >= 4 is 40.0 Å². The summed E-state index contributed by atoms with van der Waals surface area (Å²) in [6, 6.07) is 12.0. The van der Waals surface area contributed by atoms with E-state index in [0.29, 0.717) is 11.7 Å². The molecule has 1 saturated heterocycles. The van der Waals surface area contributed by atoms with Crippen molar-refractivity contribution in [1.82, 2.24) is 10.6 Å². The molecule has 0 aromatic heterocycles. The highest BCUT2D eigenvalue weighted by Crippen LogP contribution is 2.33. The number of carbonyl (C=O) groups is 1. The van der Waals surface area contributed by atoms with Crippen LogP contribution < -0.4 is 10.6 Å². The summed E-state index contributed by atoms with van der Waals surface area (Å²) >= 11 is 7.87. The first-order valence-corrected chi connectivity index (χ1v) is 9.38. The quantitative estimate of drug-likeness (QED) is 0.809. The van der Waals surface area contributed by atoms with Crippen LogP contribution in [0.25, 0.3) is 10.8 Å². The van der Waals surface area contributed by atoms with E-state index in [1.807, 2.05) is 36.4 Å². The topological polar surface area (TPSA) is 41.1 Å². The Balaban J connectivity index is 1.56. The highest BCUT2D eigenvalue weighted by atomic mass is 35.5. The smallest absolute Gasteiger partial charge is 0.230 e. The van der Waals surface area contributed by atoms with Crippen LogP contribution in [0.1, 0.15) is 12.8 Å². The first-order chi connectivity index (χ1) is 11.2. The fourth-order valence-corrected chi connectivity index (χ4v) is 4.21. The van der Waals surface area contributed by atoms with Gasteiger partial charge in [0.05, 0.1) is 5.75 Å². The van der Waals surface area contributed by atoms with Gasteiger partial charge in [-0.3, -0.25) is 4.79 Å². The van der Waals surface area contributed by atoms with Crippen molar-refractivity contribution in [1.29, 1.82) is 0 Å². The number of amides is 1. The Morgan fingerprint density at radius 1 is 1.30 bits per heavy atom. The van der Waals surface area contributed by atoms with Crippen LogP contribution in [0.3, 0.4) is 0 Å². The van der Waals surface area contributed by atoms with Crippen LogP contribution in [0, 0.1) is 5.92 Å². The van der Waals surface area contributed by atoms with Crippen LogP contribution in [-0.4, -0.2) is 31.3 Å². The van der Waals surface area contributed by atoms with E-state index in [2.05, 4.69) is 10.6 Å². The normalized spacial score (nSPS) is 18.0. The highest BCUT2D eigenvalue weighted by Gasteiger charge is 2.14. The van der Waals surface area contributed by atoms with Crippen molar-refractivity contribution in [2.75, 3.05) is 25.4 Å². The maximum atomic E-state index is 12.1. The molecule has 0 bridgehead atoms. The predicted molar refractivity (Wildman–Crippen MR) is 98.3 cm³/mol. The molecule has 1 heterocycles. The lowest BCUT2D eigenvalue weighted by atomic mass is 10.00. The summed E-state index contributed by atoms with van der Waals surface area (Å²) < 4.78 is 0. The van der Waals surface area contributed by atoms with Gasteiger partial charge in [-0.2, -0.15) is 0 Å². The number of fused-ring (bicyclic) bond motifs is 1. The van der Waals surface area contributed by atoms with Gasteiger partial charge in [-0.1, -0.05) is 35.9 Å². The minimum atomic E-state index is 0.0876. The fourth-order valence-electron chi connectivity index (χ4n) is 2.93. The number of carbonyl (C=O) groups excluding carboxylic acids is 1. The van der Waals surface area contributed by atoms with E-state index in [1.54, 1.807) is 11.8 Å². The summed E-state index contributed by atoms with van der Waals surface area (Å²) in [4.78, 5) is 13.2. The van der Waals surface area contributed by atoms with Gasteiger partial charge >= 0.3 is 0 Å². The van der Waals surface area contributed by atoms with Gasteiger partial charge in [0.1, 0.15) is 0 Å². The summed E-state index contributed by atoms with van der Waals surface area (Å²) in [6.45, 7) is 2.87. The molecule has 0 saturated carbocycles. The van der Waals surface area contributed by atoms with Gasteiger partial charge in [-0.25, -0.2) is 0 Å². The summed E-state index contributed by atoms with van der Waals surface area (Å²) in [7, 11) is 0. The number of piperidine rings is 1. The molecule has 3 rings (SSSR count). The Kier molecular flexibility index (Phi) is 5.81. The average molecular weight is 349 g/mol. The largest absolute Gasteiger partial charge is 0.355 e. The molecule has 23 heavy (non-hydrogen) atoms. The molecule has 0 spiro atoms. The molecule has 1 unspecified atom stereocenters. The minimum absolute atomic E-state index is 0.0876. The van der Waals surface area contributed by atoms with E-state index in [9.17, 15) is 4.79 Å². The van der Waals surface area contributed by atoms with Gasteiger partial charge in [0, 0.05) is 21.8 Å². The number of hydrogen-bond acceptors (Lipinski definition) is 3. The molecular formula is C18H21ClN2OS. The van der Waals surface area contributed by atoms with Crippen LogP contribution in [-0.2, 0) is 4.79 Å². The van der Waals surface area contributed by atoms with Gasteiger partial charge in [0.15, 0.2) is 0 Å². The van der Waals surface area contributed by atoms with Crippen LogP contribution in [0.5, 0.6) is 0 Å². The zero-order valence-corrected chi connectivity index (χ0v) is 14.6. The molecular weight excluding hydrogens is 328 g/mol. The van der Waals surface area contributed by atoms with Crippen LogP contribution in [0.2, 0.25) is 5.02 Å². The molecule has 0 radical (unpaired) electrons. The Morgan fingerprint density at radius 3 is 2.91 bits per heavy atom. The molecule has 122 valence electrons. The standard InChI is InChI=1S/C18H21ClN2OS/c19-15-7-1-5-14-6-2-8-16(18(14)15)23-12-17(22)21-11-13-4-3-9-20-10-13/h1-2,5-8,13,20H,3-4,9-12H2,(H,21,22). The second kappa shape index (κ2) is 8.04. The van der Waals surface area contributed by atoms with Crippen molar-refractivity contribution in [3.63, 3.8) is 0 Å². The third-order valence-electron chi connectivity index (χ3n) is 4.16. The van der Waals surface area contributed by atoms with Crippen molar-refractivity contribution in [3.05, 3.63) is 41.4 Å². The summed E-state index contributed by atoms with van der Waals surface area (Å²) in [5.74, 6) is 1.07. The third kappa shape index (κ3) is 4.40. The summed E-state index contributed by atoms with van der Waals surface area (Å²) in [5, 5.41) is 9.30. The number of rotatable bonds is 5.